The van der Waals surface area contributed by atoms with E-state index in [0.717, 1.165) is 41.0 Å². The van der Waals surface area contributed by atoms with Crippen LogP contribution in [0.5, 0.6) is 0 Å². The van der Waals surface area contributed by atoms with Gasteiger partial charge in [-0.25, -0.2) is 0 Å². The lowest BCUT2D eigenvalue weighted by molar-refractivity contribution is 0.318. The van der Waals surface area contributed by atoms with E-state index < -0.39 is 0 Å². The molecule has 0 spiro atoms. The first-order valence-electron chi connectivity index (χ1n) is 5.83. The zero-order valence-electron chi connectivity index (χ0n) is 9.97. The Kier molecular flexibility index (Phi) is 4.77. The number of halogens is 1. The normalized spacial score (nSPS) is 17.6. The molecule has 0 radical (unpaired) electrons. The van der Waals surface area contributed by atoms with Crippen molar-refractivity contribution in [1.82, 2.24) is 0 Å². The van der Waals surface area contributed by atoms with E-state index >= 15 is 0 Å². The smallest absolute Gasteiger partial charge is 0.173 e. The summed E-state index contributed by atoms with van der Waals surface area (Å²) in [6.45, 7) is 2.00. The largest absolute Gasteiger partial charge is 0.409 e. The first-order chi connectivity index (χ1) is 8.74. The summed E-state index contributed by atoms with van der Waals surface area (Å²) < 4.78 is 0.854. The first-order valence-corrected chi connectivity index (χ1v) is 7.78. The highest BCUT2D eigenvalue weighted by atomic mass is 79.9. The number of anilines is 1. The quantitative estimate of drug-likeness (QED) is 0.379. The van der Waals surface area contributed by atoms with Crippen molar-refractivity contribution >= 4 is 39.2 Å². The van der Waals surface area contributed by atoms with E-state index in [1.807, 2.05) is 30.0 Å². The molecule has 0 amide bonds. The van der Waals surface area contributed by atoms with Crippen LogP contribution in [0.4, 0.5) is 5.69 Å². The predicted octanol–water partition coefficient (Wildman–Crippen LogP) is 2.49. The molecule has 0 atom stereocenters. The minimum absolute atomic E-state index is 0.148. The molecule has 18 heavy (non-hydrogen) atoms. The van der Waals surface area contributed by atoms with E-state index in [-0.39, 0.29) is 5.84 Å². The van der Waals surface area contributed by atoms with Gasteiger partial charge in [-0.05, 0) is 40.2 Å². The Bertz CT molecular complexity index is 445. The van der Waals surface area contributed by atoms with Gasteiger partial charge in [0.15, 0.2) is 5.84 Å². The van der Waals surface area contributed by atoms with Gasteiger partial charge in [0.2, 0.25) is 0 Å². The lowest BCUT2D eigenvalue weighted by atomic mass is 10.1. The fraction of sp³-hybridized carbons (Fsp3) is 0.417. The van der Waals surface area contributed by atoms with E-state index in [2.05, 4.69) is 26.0 Å². The summed E-state index contributed by atoms with van der Waals surface area (Å²) in [5.74, 6) is 2.46. The van der Waals surface area contributed by atoms with Crippen LogP contribution in [0.2, 0.25) is 0 Å². The number of nitrogens with two attached hydrogens (primary N) is 1. The van der Waals surface area contributed by atoms with Gasteiger partial charge in [0.25, 0.3) is 0 Å². The molecule has 1 aromatic carbocycles. The highest BCUT2D eigenvalue weighted by Crippen LogP contribution is 2.29. The van der Waals surface area contributed by atoms with Crippen molar-refractivity contribution in [3.8, 4) is 0 Å². The molecule has 1 saturated heterocycles. The summed E-state index contributed by atoms with van der Waals surface area (Å²) >= 11 is 5.44. The van der Waals surface area contributed by atoms with Gasteiger partial charge >= 0.3 is 0 Å². The zero-order valence-corrected chi connectivity index (χ0v) is 12.4. The molecule has 2 rings (SSSR count). The Balaban J connectivity index is 2.39. The van der Waals surface area contributed by atoms with E-state index in [1.54, 1.807) is 0 Å². The maximum absolute atomic E-state index is 8.91. The highest BCUT2D eigenvalue weighted by molar-refractivity contribution is 9.10. The molecule has 0 aromatic heterocycles. The lowest BCUT2D eigenvalue weighted by Crippen LogP contribution is -2.29. The van der Waals surface area contributed by atoms with Crippen LogP contribution in [-0.4, -0.2) is 35.6 Å². The fourth-order valence-electron chi connectivity index (χ4n) is 2.07. The van der Waals surface area contributed by atoms with Gasteiger partial charge in [0, 0.05) is 29.0 Å². The number of hydrogen-bond acceptors (Lipinski definition) is 4. The Morgan fingerprint density at radius 1 is 1.39 bits per heavy atom. The average molecular weight is 330 g/mol. The molecule has 4 nitrogen and oxygen atoms in total. The third-order valence-electron chi connectivity index (χ3n) is 2.92. The molecular formula is C12H16BrN3OS. The van der Waals surface area contributed by atoms with Crippen LogP contribution in [0.25, 0.3) is 0 Å². The van der Waals surface area contributed by atoms with Crippen molar-refractivity contribution < 1.29 is 5.21 Å². The number of benzene rings is 1. The van der Waals surface area contributed by atoms with Gasteiger partial charge in [-0.2, -0.15) is 11.8 Å². The number of hydrogen-bond donors (Lipinski definition) is 2. The maximum Gasteiger partial charge on any atom is 0.173 e. The van der Waals surface area contributed by atoms with E-state index in [4.69, 9.17) is 10.9 Å². The summed E-state index contributed by atoms with van der Waals surface area (Å²) in [6.07, 6.45) is 1.16. The van der Waals surface area contributed by atoms with Crippen LogP contribution < -0.4 is 10.6 Å². The number of rotatable bonds is 2. The Morgan fingerprint density at radius 3 is 3.00 bits per heavy atom. The number of thioether (sulfide) groups is 1. The number of amidine groups is 1. The molecule has 1 aliphatic rings. The van der Waals surface area contributed by atoms with Crippen LogP contribution in [0.15, 0.2) is 27.8 Å². The van der Waals surface area contributed by atoms with E-state index in [0.29, 0.717) is 0 Å². The van der Waals surface area contributed by atoms with Crippen molar-refractivity contribution in [2.24, 2.45) is 10.9 Å². The van der Waals surface area contributed by atoms with Gasteiger partial charge < -0.3 is 15.8 Å². The van der Waals surface area contributed by atoms with Gasteiger partial charge in [-0.1, -0.05) is 11.2 Å². The lowest BCUT2D eigenvalue weighted by Gasteiger charge is -2.25. The summed E-state index contributed by atoms with van der Waals surface area (Å²) in [6, 6.07) is 5.91. The summed E-state index contributed by atoms with van der Waals surface area (Å²) in [4.78, 5) is 2.30. The van der Waals surface area contributed by atoms with Crippen LogP contribution in [0, 0.1) is 0 Å². The molecule has 1 aliphatic heterocycles. The molecule has 98 valence electrons. The SMILES string of the molecule is N/C(=N/O)c1c(Br)cccc1N1CCCSCC1. The Hall–Kier alpha value is -0.880. The Labute approximate surface area is 119 Å². The zero-order chi connectivity index (χ0) is 13.0. The standard InChI is InChI=1S/C12H16BrN3OS/c13-9-3-1-4-10(11(9)12(14)15-17)16-5-2-7-18-8-6-16/h1,3-4,17H,2,5-8H2,(H2,14,15). The molecule has 0 aliphatic carbocycles. The minimum atomic E-state index is 0.148. The van der Waals surface area contributed by atoms with E-state index in [9.17, 15) is 0 Å². The fourth-order valence-corrected chi connectivity index (χ4v) is 3.51. The minimum Gasteiger partial charge on any atom is -0.409 e. The molecular weight excluding hydrogens is 314 g/mol. The van der Waals surface area contributed by atoms with Crippen LogP contribution in [-0.2, 0) is 0 Å². The predicted molar refractivity (Wildman–Crippen MR) is 80.8 cm³/mol. The van der Waals surface area contributed by atoms with Crippen molar-refractivity contribution in [1.29, 1.82) is 0 Å². The van der Waals surface area contributed by atoms with Gasteiger partial charge in [-0.3, -0.25) is 0 Å². The van der Waals surface area contributed by atoms with Crippen molar-refractivity contribution in [2.45, 2.75) is 6.42 Å². The van der Waals surface area contributed by atoms with Gasteiger partial charge in [0.05, 0.1) is 5.56 Å². The molecule has 3 N–H and O–H groups in total. The van der Waals surface area contributed by atoms with Crippen molar-refractivity contribution in [3.63, 3.8) is 0 Å². The highest BCUT2D eigenvalue weighted by Gasteiger charge is 2.17. The Morgan fingerprint density at radius 2 is 2.22 bits per heavy atom. The molecule has 0 unspecified atom stereocenters. The van der Waals surface area contributed by atoms with Crippen LogP contribution >= 0.6 is 27.7 Å². The molecule has 0 saturated carbocycles. The third kappa shape index (κ3) is 2.92. The molecule has 1 heterocycles. The van der Waals surface area contributed by atoms with Crippen molar-refractivity contribution in [2.75, 3.05) is 29.5 Å². The molecule has 0 bridgehead atoms. The number of oxime groups is 1. The summed E-state index contributed by atoms with van der Waals surface area (Å²) in [5, 5.41) is 12.0. The second kappa shape index (κ2) is 6.33. The van der Waals surface area contributed by atoms with Gasteiger partial charge in [-0.15, -0.1) is 0 Å². The molecule has 1 fully saturated rings. The summed E-state index contributed by atoms with van der Waals surface area (Å²) in [5.41, 5.74) is 7.58. The van der Waals surface area contributed by atoms with Crippen LogP contribution in [0.1, 0.15) is 12.0 Å². The second-order valence-electron chi connectivity index (χ2n) is 4.07. The van der Waals surface area contributed by atoms with Gasteiger partial charge in [0.1, 0.15) is 0 Å². The average Bonchev–Trinajstić information content (AvgIpc) is 2.66. The first kappa shape index (κ1) is 13.5. The number of nitrogens with zero attached hydrogens (tertiary/aromatic N) is 2. The second-order valence-corrected chi connectivity index (χ2v) is 6.15. The molecule has 1 aromatic rings. The third-order valence-corrected chi connectivity index (χ3v) is 4.63. The topological polar surface area (TPSA) is 61.9 Å². The molecule has 6 heteroatoms. The van der Waals surface area contributed by atoms with Crippen LogP contribution in [0.3, 0.4) is 0 Å². The monoisotopic (exact) mass is 329 g/mol. The van der Waals surface area contributed by atoms with Crippen molar-refractivity contribution in [3.05, 3.63) is 28.2 Å². The van der Waals surface area contributed by atoms with E-state index in [1.165, 1.54) is 5.75 Å². The maximum atomic E-state index is 8.91. The summed E-state index contributed by atoms with van der Waals surface area (Å²) in [7, 11) is 0.